The zero-order valence-electron chi connectivity index (χ0n) is 11.8. The molecule has 1 aliphatic heterocycles. The van der Waals surface area contributed by atoms with Crippen molar-refractivity contribution in [3.8, 4) is 0 Å². The predicted molar refractivity (Wildman–Crippen MR) is 84.3 cm³/mol. The Kier molecular flexibility index (Phi) is 6.08. The second-order valence-corrected chi connectivity index (χ2v) is 5.78. The minimum atomic E-state index is -0.0381. The van der Waals surface area contributed by atoms with Crippen LogP contribution < -0.4 is 5.43 Å². The van der Waals surface area contributed by atoms with Crippen LogP contribution in [0.5, 0.6) is 0 Å². The Balaban J connectivity index is 1.75. The lowest BCUT2D eigenvalue weighted by molar-refractivity contribution is -0.122. The number of hydrazone groups is 1. The molecule has 0 aromatic heterocycles. The number of hydrogen-bond acceptors (Lipinski definition) is 4. The number of carbonyl (C=O) groups is 1. The molecular weight excluding hydrogens is 270 g/mol. The van der Waals surface area contributed by atoms with Crippen molar-refractivity contribution in [3.63, 3.8) is 0 Å². The molecule has 20 heavy (non-hydrogen) atoms. The zero-order valence-corrected chi connectivity index (χ0v) is 12.7. The van der Waals surface area contributed by atoms with Gasteiger partial charge in [0.15, 0.2) is 0 Å². The number of nitrogens with zero attached hydrogens (tertiary/aromatic N) is 2. The quantitative estimate of drug-likeness (QED) is 0.514. The summed E-state index contributed by atoms with van der Waals surface area (Å²) in [5.74, 6) is -0.0381. The summed E-state index contributed by atoms with van der Waals surface area (Å²) in [6.07, 6.45) is 7.39. The van der Waals surface area contributed by atoms with Crippen LogP contribution in [0.2, 0.25) is 0 Å². The largest absolute Gasteiger partial charge is 0.294 e. The molecule has 0 unspecified atom stereocenters. The molecule has 1 amide bonds. The number of benzene rings is 1. The van der Waals surface area contributed by atoms with Gasteiger partial charge in [0, 0.05) is 4.90 Å². The van der Waals surface area contributed by atoms with E-state index in [1.165, 1.54) is 24.2 Å². The molecule has 1 heterocycles. The normalized spacial score (nSPS) is 16.4. The number of piperidine rings is 1. The van der Waals surface area contributed by atoms with Crippen molar-refractivity contribution in [2.45, 2.75) is 24.2 Å². The summed E-state index contributed by atoms with van der Waals surface area (Å²) >= 11 is 1.71. The van der Waals surface area contributed by atoms with Crippen LogP contribution in [0.4, 0.5) is 0 Å². The van der Waals surface area contributed by atoms with Gasteiger partial charge in [0.1, 0.15) is 0 Å². The summed E-state index contributed by atoms with van der Waals surface area (Å²) in [5, 5.41) is 4.00. The number of thioether (sulfide) groups is 1. The number of nitrogens with one attached hydrogen (secondary N) is 1. The molecule has 1 saturated heterocycles. The number of carbonyl (C=O) groups excluding carboxylic acids is 1. The van der Waals surface area contributed by atoms with Gasteiger partial charge in [-0.2, -0.15) is 5.10 Å². The fourth-order valence-corrected chi connectivity index (χ4v) is 2.63. The number of likely N-dealkylation sites (tertiary alicyclic amines) is 1. The third kappa shape index (κ3) is 4.98. The maximum Gasteiger partial charge on any atom is 0.254 e. The van der Waals surface area contributed by atoms with Gasteiger partial charge in [-0.05, 0) is 49.9 Å². The SMILES string of the molecule is CSc1ccc(/C=N\NC(=O)CN2CCCCC2)cc1. The summed E-state index contributed by atoms with van der Waals surface area (Å²) in [6, 6.07) is 8.07. The molecule has 108 valence electrons. The van der Waals surface area contributed by atoms with E-state index in [1.54, 1.807) is 18.0 Å². The highest BCUT2D eigenvalue weighted by Crippen LogP contribution is 2.13. The van der Waals surface area contributed by atoms with Gasteiger partial charge in [-0.1, -0.05) is 18.6 Å². The molecule has 0 spiro atoms. The van der Waals surface area contributed by atoms with Crippen LogP contribution in [-0.2, 0) is 4.79 Å². The van der Waals surface area contributed by atoms with Gasteiger partial charge in [-0.3, -0.25) is 9.69 Å². The van der Waals surface area contributed by atoms with Crippen molar-refractivity contribution in [1.29, 1.82) is 0 Å². The average Bonchev–Trinajstić information content (AvgIpc) is 2.49. The molecular formula is C15H21N3OS. The van der Waals surface area contributed by atoms with E-state index >= 15 is 0 Å². The Morgan fingerprint density at radius 1 is 1.30 bits per heavy atom. The van der Waals surface area contributed by atoms with Crippen molar-refractivity contribution in [1.82, 2.24) is 10.3 Å². The molecule has 1 aliphatic rings. The first-order valence-corrected chi connectivity index (χ1v) is 8.19. The van der Waals surface area contributed by atoms with E-state index < -0.39 is 0 Å². The van der Waals surface area contributed by atoms with Crippen LogP contribution in [0.25, 0.3) is 0 Å². The van der Waals surface area contributed by atoms with E-state index in [0.29, 0.717) is 6.54 Å². The van der Waals surface area contributed by atoms with Crippen LogP contribution in [-0.4, -0.2) is 42.9 Å². The van der Waals surface area contributed by atoms with Gasteiger partial charge in [0.25, 0.3) is 5.91 Å². The van der Waals surface area contributed by atoms with E-state index in [4.69, 9.17) is 0 Å². The monoisotopic (exact) mass is 291 g/mol. The van der Waals surface area contributed by atoms with E-state index in [0.717, 1.165) is 18.7 Å². The Morgan fingerprint density at radius 3 is 2.65 bits per heavy atom. The summed E-state index contributed by atoms with van der Waals surface area (Å²) in [7, 11) is 0. The number of rotatable bonds is 5. The van der Waals surface area contributed by atoms with Gasteiger partial charge in [0.05, 0.1) is 12.8 Å². The molecule has 5 heteroatoms. The molecule has 0 atom stereocenters. The molecule has 0 bridgehead atoms. The lowest BCUT2D eigenvalue weighted by Crippen LogP contribution is -2.38. The zero-order chi connectivity index (χ0) is 14.2. The van der Waals surface area contributed by atoms with Crippen molar-refractivity contribution < 1.29 is 4.79 Å². The first-order chi connectivity index (χ1) is 9.78. The summed E-state index contributed by atoms with van der Waals surface area (Å²) in [6.45, 7) is 2.49. The van der Waals surface area contributed by atoms with Crippen LogP contribution >= 0.6 is 11.8 Å². The lowest BCUT2D eigenvalue weighted by atomic mass is 10.1. The average molecular weight is 291 g/mol. The maximum atomic E-state index is 11.7. The maximum absolute atomic E-state index is 11.7. The minimum Gasteiger partial charge on any atom is -0.294 e. The molecule has 0 radical (unpaired) electrons. The lowest BCUT2D eigenvalue weighted by Gasteiger charge is -2.25. The number of hydrogen-bond donors (Lipinski definition) is 1. The summed E-state index contributed by atoms with van der Waals surface area (Å²) in [5.41, 5.74) is 3.58. The first kappa shape index (κ1) is 15.1. The van der Waals surface area contributed by atoms with Crippen molar-refractivity contribution in [2.75, 3.05) is 25.9 Å². The third-order valence-electron chi connectivity index (χ3n) is 3.33. The van der Waals surface area contributed by atoms with Crippen LogP contribution in [0.3, 0.4) is 0 Å². The van der Waals surface area contributed by atoms with Crippen LogP contribution in [0.1, 0.15) is 24.8 Å². The highest BCUT2D eigenvalue weighted by Gasteiger charge is 2.12. The molecule has 1 fully saturated rings. The highest BCUT2D eigenvalue weighted by molar-refractivity contribution is 7.98. The van der Waals surface area contributed by atoms with Crippen molar-refractivity contribution in [3.05, 3.63) is 29.8 Å². The third-order valence-corrected chi connectivity index (χ3v) is 4.08. The molecule has 0 saturated carbocycles. The summed E-state index contributed by atoms with van der Waals surface area (Å²) < 4.78 is 0. The van der Waals surface area contributed by atoms with Gasteiger partial charge in [-0.15, -0.1) is 11.8 Å². The van der Waals surface area contributed by atoms with Crippen LogP contribution in [0, 0.1) is 0 Å². The standard InChI is InChI=1S/C15H21N3OS/c1-20-14-7-5-13(6-8-14)11-16-17-15(19)12-18-9-3-2-4-10-18/h5-8,11H,2-4,9-10,12H2,1H3,(H,17,19)/b16-11-. The topological polar surface area (TPSA) is 44.7 Å². The molecule has 1 N–H and O–H groups in total. The Bertz CT molecular complexity index is 453. The highest BCUT2D eigenvalue weighted by atomic mass is 32.2. The van der Waals surface area contributed by atoms with Gasteiger partial charge >= 0.3 is 0 Å². The fourth-order valence-electron chi connectivity index (χ4n) is 2.22. The smallest absolute Gasteiger partial charge is 0.254 e. The Hall–Kier alpha value is -1.33. The van der Waals surface area contributed by atoms with Crippen molar-refractivity contribution >= 4 is 23.9 Å². The summed E-state index contributed by atoms with van der Waals surface area (Å²) in [4.78, 5) is 15.1. The Morgan fingerprint density at radius 2 is 2.00 bits per heavy atom. The van der Waals surface area contributed by atoms with Gasteiger partial charge < -0.3 is 0 Å². The molecule has 1 aromatic rings. The number of amides is 1. The van der Waals surface area contributed by atoms with E-state index in [1.807, 2.05) is 30.5 Å². The Labute approximate surface area is 124 Å². The van der Waals surface area contributed by atoms with E-state index in [-0.39, 0.29) is 5.91 Å². The molecule has 2 rings (SSSR count). The van der Waals surface area contributed by atoms with E-state index in [9.17, 15) is 4.79 Å². The molecule has 4 nitrogen and oxygen atoms in total. The second-order valence-electron chi connectivity index (χ2n) is 4.90. The van der Waals surface area contributed by atoms with E-state index in [2.05, 4.69) is 15.4 Å². The van der Waals surface area contributed by atoms with Crippen molar-refractivity contribution in [2.24, 2.45) is 5.10 Å². The fraction of sp³-hybridized carbons (Fsp3) is 0.467. The second kappa shape index (κ2) is 8.07. The van der Waals surface area contributed by atoms with Gasteiger partial charge in [-0.25, -0.2) is 5.43 Å². The molecule has 0 aliphatic carbocycles. The van der Waals surface area contributed by atoms with Gasteiger partial charge in [0.2, 0.25) is 0 Å². The van der Waals surface area contributed by atoms with Crippen LogP contribution in [0.15, 0.2) is 34.3 Å². The molecule has 1 aromatic carbocycles. The first-order valence-electron chi connectivity index (χ1n) is 6.96. The minimum absolute atomic E-state index is 0.0381. The predicted octanol–water partition coefficient (Wildman–Crippen LogP) is 2.34.